The Hall–Kier alpha value is -1.75. The van der Waals surface area contributed by atoms with Crippen molar-refractivity contribution in [2.45, 2.75) is 13.3 Å². The summed E-state index contributed by atoms with van der Waals surface area (Å²) in [4.78, 5) is 15.6. The van der Waals surface area contributed by atoms with E-state index in [1.807, 2.05) is 24.3 Å². The fourth-order valence-corrected chi connectivity index (χ4v) is 2.40. The summed E-state index contributed by atoms with van der Waals surface area (Å²) in [6, 6.07) is 7.72. The molecule has 0 spiro atoms. The summed E-state index contributed by atoms with van der Waals surface area (Å²) in [6.07, 6.45) is 1.24. The summed E-state index contributed by atoms with van der Waals surface area (Å²) in [5.74, 6) is 0.751. The number of anilines is 2. The molecule has 0 aromatic heterocycles. The Labute approximate surface area is 120 Å². The van der Waals surface area contributed by atoms with E-state index in [0.29, 0.717) is 6.54 Å². The molecule has 1 aliphatic heterocycles. The molecule has 2 rings (SSSR count). The maximum absolute atomic E-state index is 11.8. The van der Waals surface area contributed by atoms with Gasteiger partial charge in [-0.3, -0.25) is 0 Å². The SMILES string of the molecule is CC1CCN(c2ccc(NC(=O)N(C)CCO)cc2)C1. The molecule has 0 bridgehead atoms. The third-order valence-corrected chi connectivity index (χ3v) is 3.69. The molecular weight excluding hydrogens is 254 g/mol. The highest BCUT2D eigenvalue weighted by Gasteiger charge is 2.18. The van der Waals surface area contributed by atoms with Crippen LogP contribution in [0.1, 0.15) is 13.3 Å². The van der Waals surface area contributed by atoms with Gasteiger partial charge in [0.05, 0.1) is 6.61 Å². The minimum Gasteiger partial charge on any atom is -0.395 e. The second-order valence-corrected chi connectivity index (χ2v) is 5.46. The number of nitrogens with one attached hydrogen (secondary N) is 1. The highest BCUT2D eigenvalue weighted by Crippen LogP contribution is 2.24. The number of aliphatic hydroxyl groups is 1. The van der Waals surface area contributed by atoms with Crippen molar-refractivity contribution < 1.29 is 9.90 Å². The number of rotatable bonds is 4. The first-order valence-corrected chi connectivity index (χ1v) is 7.08. The van der Waals surface area contributed by atoms with Gasteiger partial charge >= 0.3 is 6.03 Å². The van der Waals surface area contributed by atoms with E-state index in [4.69, 9.17) is 5.11 Å². The monoisotopic (exact) mass is 277 g/mol. The number of amides is 2. The molecule has 5 heteroatoms. The predicted octanol–water partition coefficient (Wildman–Crippen LogP) is 1.99. The van der Waals surface area contributed by atoms with Crippen LogP contribution in [0.5, 0.6) is 0 Å². The van der Waals surface area contributed by atoms with E-state index in [1.165, 1.54) is 17.0 Å². The van der Waals surface area contributed by atoms with Crippen LogP contribution in [0.4, 0.5) is 16.2 Å². The Bertz CT molecular complexity index is 447. The number of urea groups is 1. The number of nitrogens with zero attached hydrogens (tertiary/aromatic N) is 2. The van der Waals surface area contributed by atoms with E-state index in [9.17, 15) is 4.79 Å². The molecule has 2 N–H and O–H groups in total. The smallest absolute Gasteiger partial charge is 0.321 e. The quantitative estimate of drug-likeness (QED) is 0.885. The van der Waals surface area contributed by atoms with Crippen molar-refractivity contribution in [3.8, 4) is 0 Å². The number of aliphatic hydroxyl groups excluding tert-OH is 1. The Morgan fingerprint density at radius 1 is 1.45 bits per heavy atom. The summed E-state index contributed by atoms with van der Waals surface area (Å²) < 4.78 is 0. The Morgan fingerprint density at radius 3 is 2.70 bits per heavy atom. The van der Waals surface area contributed by atoms with Gasteiger partial charge in [-0.1, -0.05) is 6.92 Å². The Balaban J connectivity index is 1.93. The lowest BCUT2D eigenvalue weighted by Crippen LogP contribution is -2.33. The van der Waals surface area contributed by atoms with Crippen LogP contribution in [0, 0.1) is 5.92 Å². The van der Waals surface area contributed by atoms with E-state index < -0.39 is 0 Å². The molecule has 2 amide bonds. The fourth-order valence-electron chi connectivity index (χ4n) is 2.40. The van der Waals surface area contributed by atoms with E-state index in [-0.39, 0.29) is 12.6 Å². The van der Waals surface area contributed by atoms with Crippen molar-refractivity contribution in [2.24, 2.45) is 5.92 Å². The molecule has 1 fully saturated rings. The predicted molar refractivity (Wildman–Crippen MR) is 81.2 cm³/mol. The van der Waals surface area contributed by atoms with E-state index >= 15 is 0 Å². The third kappa shape index (κ3) is 3.63. The van der Waals surface area contributed by atoms with E-state index in [0.717, 1.165) is 24.7 Å². The zero-order chi connectivity index (χ0) is 14.5. The lowest BCUT2D eigenvalue weighted by Gasteiger charge is -2.19. The van der Waals surface area contributed by atoms with Crippen LogP contribution in [0.25, 0.3) is 0 Å². The molecular formula is C15H23N3O2. The van der Waals surface area contributed by atoms with E-state index in [1.54, 1.807) is 7.05 Å². The van der Waals surface area contributed by atoms with Crippen LogP contribution < -0.4 is 10.2 Å². The second kappa shape index (κ2) is 6.61. The van der Waals surface area contributed by atoms with Crippen LogP contribution in [0.15, 0.2) is 24.3 Å². The molecule has 5 nitrogen and oxygen atoms in total. The van der Waals surface area contributed by atoms with E-state index in [2.05, 4.69) is 17.1 Å². The van der Waals surface area contributed by atoms with Crippen molar-refractivity contribution in [3.05, 3.63) is 24.3 Å². The molecule has 1 aromatic rings. The zero-order valence-corrected chi connectivity index (χ0v) is 12.2. The largest absolute Gasteiger partial charge is 0.395 e. The molecule has 1 aromatic carbocycles. The van der Waals surface area contributed by atoms with Gasteiger partial charge in [0.15, 0.2) is 0 Å². The molecule has 20 heavy (non-hydrogen) atoms. The van der Waals surface area contributed by atoms with Gasteiger partial charge in [0.25, 0.3) is 0 Å². The molecule has 1 heterocycles. The molecule has 0 saturated carbocycles. The Kier molecular flexibility index (Phi) is 4.84. The van der Waals surface area contributed by atoms with Gasteiger partial charge in [-0.2, -0.15) is 0 Å². The topological polar surface area (TPSA) is 55.8 Å². The summed E-state index contributed by atoms with van der Waals surface area (Å²) in [7, 11) is 1.66. The maximum atomic E-state index is 11.8. The van der Waals surface area contributed by atoms with Gasteiger partial charge in [0.1, 0.15) is 0 Å². The zero-order valence-electron chi connectivity index (χ0n) is 12.2. The number of carbonyl (C=O) groups excluding carboxylic acids is 1. The van der Waals surface area contributed by atoms with Crippen LogP contribution in [-0.2, 0) is 0 Å². The standard InChI is InChI=1S/C15H23N3O2/c1-12-7-8-18(11-12)14-5-3-13(4-6-14)16-15(20)17(2)9-10-19/h3-6,12,19H,7-11H2,1-2H3,(H,16,20). The van der Waals surface area contributed by atoms with Crippen molar-refractivity contribution in [1.29, 1.82) is 0 Å². The second-order valence-electron chi connectivity index (χ2n) is 5.46. The summed E-state index contributed by atoms with van der Waals surface area (Å²) in [5, 5.41) is 11.6. The van der Waals surface area contributed by atoms with Gasteiger partial charge in [-0.05, 0) is 36.6 Å². The first-order chi connectivity index (χ1) is 9.60. The highest BCUT2D eigenvalue weighted by molar-refractivity contribution is 5.89. The van der Waals surface area contributed by atoms with Crippen molar-refractivity contribution in [2.75, 3.05) is 43.5 Å². The lowest BCUT2D eigenvalue weighted by molar-refractivity contribution is 0.202. The number of hydrogen-bond donors (Lipinski definition) is 2. The fraction of sp³-hybridized carbons (Fsp3) is 0.533. The van der Waals surface area contributed by atoms with Gasteiger partial charge in [0, 0.05) is 38.1 Å². The lowest BCUT2D eigenvalue weighted by atomic mass is 10.2. The van der Waals surface area contributed by atoms with Crippen LogP contribution >= 0.6 is 0 Å². The molecule has 1 aliphatic rings. The van der Waals surface area contributed by atoms with Gasteiger partial charge in [0.2, 0.25) is 0 Å². The molecule has 1 atom stereocenters. The van der Waals surface area contributed by atoms with Crippen molar-refractivity contribution in [1.82, 2.24) is 4.90 Å². The summed E-state index contributed by atoms with van der Waals surface area (Å²) >= 11 is 0. The van der Waals surface area contributed by atoms with Gasteiger partial charge < -0.3 is 20.2 Å². The average Bonchev–Trinajstić information content (AvgIpc) is 2.86. The summed E-state index contributed by atoms with van der Waals surface area (Å²) in [6.45, 7) is 4.77. The van der Waals surface area contributed by atoms with Crippen molar-refractivity contribution in [3.63, 3.8) is 0 Å². The van der Waals surface area contributed by atoms with Gasteiger partial charge in [-0.15, -0.1) is 0 Å². The highest BCUT2D eigenvalue weighted by atomic mass is 16.3. The van der Waals surface area contributed by atoms with Crippen LogP contribution in [0.2, 0.25) is 0 Å². The van der Waals surface area contributed by atoms with Crippen molar-refractivity contribution >= 4 is 17.4 Å². The number of likely N-dealkylation sites (N-methyl/N-ethyl adjacent to an activating group) is 1. The third-order valence-electron chi connectivity index (χ3n) is 3.69. The molecule has 110 valence electrons. The number of benzene rings is 1. The van der Waals surface area contributed by atoms with Crippen LogP contribution in [-0.4, -0.2) is 49.3 Å². The first kappa shape index (κ1) is 14.7. The summed E-state index contributed by atoms with van der Waals surface area (Å²) in [5.41, 5.74) is 1.98. The molecule has 1 saturated heterocycles. The number of hydrogen-bond acceptors (Lipinski definition) is 3. The van der Waals surface area contributed by atoms with Crippen LogP contribution in [0.3, 0.4) is 0 Å². The minimum absolute atomic E-state index is 0.0317. The number of carbonyl (C=O) groups is 1. The molecule has 0 aliphatic carbocycles. The Morgan fingerprint density at radius 2 is 2.15 bits per heavy atom. The molecule has 0 radical (unpaired) electrons. The minimum atomic E-state index is -0.207. The first-order valence-electron chi connectivity index (χ1n) is 7.08. The average molecular weight is 277 g/mol. The maximum Gasteiger partial charge on any atom is 0.321 e. The molecule has 1 unspecified atom stereocenters. The normalized spacial score (nSPS) is 18.1. The van der Waals surface area contributed by atoms with Gasteiger partial charge in [-0.25, -0.2) is 4.79 Å².